The van der Waals surface area contributed by atoms with Crippen molar-refractivity contribution in [3.8, 4) is 12.3 Å². The van der Waals surface area contributed by atoms with Crippen LogP contribution in [0, 0.1) is 18.3 Å². The highest BCUT2D eigenvalue weighted by atomic mass is 16.2. The van der Waals surface area contributed by atoms with Gasteiger partial charge in [-0.2, -0.15) is 0 Å². The molecule has 1 N–H and O–H groups in total. The zero-order chi connectivity index (χ0) is 15.5. The van der Waals surface area contributed by atoms with Crippen molar-refractivity contribution < 1.29 is 9.59 Å². The van der Waals surface area contributed by atoms with Gasteiger partial charge >= 0.3 is 0 Å². The van der Waals surface area contributed by atoms with Crippen molar-refractivity contribution in [1.29, 1.82) is 0 Å². The first kappa shape index (κ1) is 14.2. The van der Waals surface area contributed by atoms with Crippen molar-refractivity contribution >= 4 is 28.3 Å². The van der Waals surface area contributed by atoms with Crippen LogP contribution >= 0.6 is 0 Å². The van der Waals surface area contributed by atoms with Gasteiger partial charge in [0.05, 0.1) is 18.2 Å². The van der Waals surface area contributed by atoms with E-state index in [1.165, 1.54) is 0 Å². The molecule has 0 spiro atoms. The SMILES string of the molecule is C#CCNC(=O)C1CC(=O)N(c2cccc3ccccc23)C1. The van der Waals surface area contributed by atoms with Crippen molar-refractivity contribution in [1.82, 2.24) is 5.32 Å². The molecule has 1 aliphatic rings. The Morgan fingerprint density at radius 2 is 2.05 bits per heavy atom. The molecule has 22 heavy (non-hydrogen) atoms. The topological polar surface area (TPSA) is 49.4 Å². The third-order valence-electron chi connectivity index (χ3n) is 3.92. The minimum Gasteiger partial charge on any atom is -0.345 e. The van der Waals surface area contributed by atoms with Crippen LogP contribution in [0.1, 0.15) is 6.42 Å². The second-order valence-electron chi connectivity index (χ2n) is 5.33. The summed E-state index contributed by atoms with van der Waals surface area (Å²) in [6, 6.07) is 13.8. The van der Waals surface area contributed by atoms with Gasteiger partial charge in [-0.3, -0.25) is 9.59 Å². The van der Waals surface area contributed by atoms with Crippen LogP contribution in [0.15, 0.2) is 42.5 Å². The van der Waals surface area contributed by atoms with E-state index in [0.29, 0.717) is 6.54 Å². The maximum absolute atomic E-state index is 12.3. The number of nitrogens with zero attached hydrogens (tertiary/aromatic N) is 1. The first-order valence-corrected chi connectivity index (χ1v) is 7.20. The van der Waals surface area contributed by atoms with E-state index in [1.807, 2.05) is 42.5 Å². The number of carbonyl (C=O) groups is 2. The molecule has 0 aliphatic carbocycles. The van der Waals surface area contributed by atoms with E-state index in [-0.39, 0.29) is 30.7 Å². The van der Waals surface area contributed by atoms with E-state index in [1.54, 1.807) is 4.90 Å². The Labute approximate surface area is 129 Å². The summed E-state index contributed by atoms with van der Waals surface area (Å²) in [5, 5.41) is 4.74. The van der Waals surface area contributed by atoms with Crippen LogP contribution in [-0.2, 0) is 9.59 Å². The molecule has 2 amide bonds. The molecule has 1 unspecified atom stereocenters. The number of amides is 2. The van der Waals surface area contributed by atoms with Gasteiger partial charge in [0, 0.05) is 18.4 Å². The van der Waals surface area contributed by atoms with Crippen LogP contribution in [0.25, 0.3) is 10.8 Å². The maximum atomic E-state index is 12.3. The predicted molar refractivity (Wildman–Crippen MR) is 86.3 cm³/mol. The van der Waals surface area contributed by atoms with Crippen LogP contribution in [-0.4, -0.2) is 24.9 Å². The minimum absolute atomic E-state index is 0.0304. The molecule has 3 rings (SSSR count). The number of terminal acetylenes is 1. The molecule has 2 aromatic carbocycles. The molecule has 1 atom stereocenters. The molecule has 1 saturated heterocycles. The predicted octanol–water partition coefficient (Wildman–Crippen LogP) is 1.94. The van der Waals surface area contributed by atoms with E-state index in [0.717, 1.165) is 16.5 Å². The summed E-state index contributed by atoms with van der Waals surface area (Å²) in [5.41, 5.74) is 0.857. The molecule has 1 aliphatic heterocycles. The molecule has 1 fully saturated rings. The van der Waals surface area contributed by atoms with Crippen molar-refractivity contribution in [2.45, 2.75) is 6.42 Å². The van der Waals surface area contributed by atoms with Gasteiger partial charge in [-0.25, -0.2) is 0 Å². The van der Waals surface area contributed by atoms with Crippen LogP contribution in [0.2, 0.25) is 0 Å². The second kappa shape index (κ2) is 5.90. The van der Waals surface area contributed by atoms with E-state index >= 15 is 0 Å². The molecular weight excluding hydrogens is 276 g/mol. The van der Waals surface area contributed by atoms with Crippen LogP contribution < -0.4 is 10.2 Å². The van der Waals surface area contributed by atoms with Gasteiger partial charge in [0.15, 0.2) is 0 Å². The Kier molecular flexibility index (Phi) is 3.80. The standard InChI is InChI=1S/C18H16N2O2/c1-2-10-19-18(22)14-11-17(21)20(12-14)16-9-5-7-13-6-3-4-8-15(13)16/h1,3-9,14H,10-12H2,(H,19,22). The van der Waals surface area contributed by atoms with Crippen LogP contribution in [0.3, 0.4) is 0 Å². The highest BCUT2D eigenvalue weighted by Gasteiger charge is 2.35. The van der Waals surface area contributed by atoms with Gasteiger partial charge in [-0.1, -0.05) is 42.3 Å². The Balaban J connectivity index is 1.87. The number of nitrogens with one attached hydrogen (secondary N) is 1. The lowest BCUT2D eigenvalue weighted by Crippen LogP contribution is -2.33. The third-order valence-corrected chi connectivity index (χ3v) is 3.92. The first-order valence-electron chi connectivity index (χ1n) is 7.20. The number of fused-ring (bicyclic) bond motifs is 1. The van der Waals surface area contributed by atoms with E-state index < -0.39 is 0 Å². The number of rotatable bonds is 3. The maximum Gasteiger partial charge on any atom is 0.227 e. The van der Waals surface area contributed by atoms with E-state index in [4.69, 9.17) is 6.42 Å². The summed E-state index contributed by atoms with van der Waals surface area (Å²) >= 11 is 0. The van der Waals surface area contributed by atoms with Crippen molar-refractivity contribution in [2.75, 3.05) is 18.0 Å². The number of benzene rings is 2. The average molecular weight is 292 g/mol. The lowest BCUT2D eigenvalue weighted by atomic mass is 10.1. The molecule has 1 heterocycles. The van der Waals surface area contributed by atoms with Gasteiger partial charge in [0.2, 0.25) is 11.8 Å². The molecule has 2 aromatic rings. The molecule has 0 bridgehead atoms. The quantitative estimate of drug-likeness (QED) is 0.879. The largest absolute Gasteiger partial charge is 0.345 e. The van der Waals surface area contributed by atoms with Gasteiger partial charge in [0.25, 0.3) is 0 Å². The Bertz CT molecular complexity index is 771. The van der Waals surface area contributed by atoms with Gasteiger partial charge in [-0.15, -0.1) is 6.42 Å². The number of hydrogen-bond acceptors (Lipinski definition) is 2. The molecule has 4 nitrogen and oxygen atoms in total. The van der Waals surface area contributed by atoms with Gasteiger partial charge in [-0.05, 0) is 11.5 Å². The monoisotopic (exact) mass is 292 g/mol. The minimum atomic E-state index is -0.347. The zero-order valence-corrected chi connectivity index (χ0v) is 12.1. The number of anilines is 1. The number of hydrogen-bond donors (Lipinski definition) is 1. The van der Waals surface area contributed by atoms with Crippen molar-refractivity contribution in [3.05, 3.63) is 42.5 Å². The third kappa shape index (κ3) is 2.53. The lowest BCUT2D eigenvalue weighted by molar-refractivity contribution is -0.126. The van der Waals surface area contributed by atoms with Crippen molar-refractivity contribution in [3.63, 3.8) is 0 Å². The normalized spacial score (nSPS) is 17.5. The summed E-state index contributed by atoms with van der Waals surface area (Å²) < 4.78 is 0. The Hall–Kier alpha value is -2.80. The molecule has 0 saturated carbocycles. The van der Waals surface area contributed by atoms with Crippen LogP contribution in [0.4, 0.5) is 5.69 Å². The van der Waals surface area contributed by atoms with Gasteiger partial charge in [0.1, 0.15) is 0 Å². The van der Waals surface area contributed by atoms with Gasteiger partial charge < -0.3 is 10.2 Å². The summed E-state index contributed by atoms with van der Waals surface area (Å²) in [4.78, 5) is 26.0. The second-order valence-corrected chi connectivity index (χ2v) is 5.33. The fourth-order valence-electron chi connectivity index (χ4n) is 2.84. The lowest BCUT2D eigenvalue weighted by Gasteiger charge is -2.19. The smallest absolute Gasteiger partial charge is 0.227 e. The van der Waals surface area contributed by atoms with E-state index in [9.17, 15) is 9.59 Å². The van der Waals surface area contributed by atoms with Crippen molar-refractivity contribution in [2.24, 2.45) is 5.92 Å². The highest BCUT2D eigenvalue weighted by Crippen LogP contribution is 2.31. The highest BCUT2D eigenvalue weighted by molar-refractivity contribution is 6.06. The summed E-state index contributed by atoms with van der Waals surface area (Å²) in [7, 11) is 0. The molecule has 0 radical (unpaired) electrons. The van der Waals surface area contributed by atoms with Crippen LogP contribution in [0.5, 0.6) is 0 Å². The average Bonchev–Trinajstić information content (AvgIpc) is 2.94. The fourth-order valence-corrected chi connectivity index (χ4v) is 2.84. The molecular formula is C18H16N2O2. The first-order chi connectivity index (χ1) is 10.7. The Morgan fingerprint density at radius 1 is 1.27 bits per heavy atom. The zero-order valence-electron chi connectivity index (χ0n) is 12.1. The van der Waals surface area contributed by atoms with E-state index in [2.05, 4.69) is 11.2 Å². The summed E-state index contributed by atoms with van der Waals surface area (Å²) in [6.45, 7) is 0.584. The number of carbonyl (C=O) groups excluding carboxylic acids is 2. The fraction of sp³-hybridized carbons (Fsp3) is 0.222. The summed E-state index contributed by atoms with van der Waals surface area (Å²) in [6.07, 6.45) is 5.36. The molecule has 0 aromatic heterocycles. The molecule has 110 valence electrons. The molecule has 4 heteroatoms. The summed E-state index contributed by atoms with van der Waals surface area (Å²) in [5.74, 6) is 1.83. The Morgan fingerprint density at radius 3 is 2.86 bits per heavy atom.